The zero-order valence-electron chi connectivity index (χ0n) is 25.2. The van der Waals surface area contributed by atoms with Gasteiger partial charge in [0.2, 0.25) is 5.75 Å². The molecule has 0 spiro atoms. The molecule has 49 heavy (non-hydrogen) atoms. The van der Waals surface area contributed by atoms with E-state index in [1.165, 1.54) is 0 Å². The van der Waals surface area contributed by atoms with Crippen LogP contribution in [0.3, 0.4) is 0 Å². The van der Waals surface area contributed by atoms with Gasteiger partial charge in [0.05, 0.1) is 13.2 Å². The van der Waals surface area contributed by atoms with E-state index in [0.717, 1.165) is 25.7 Å². The number of alkyl halides is 5. The summed E-state index contributed by atoms with van der Waals surface area (Å²) in [6.45, 7) is 3.00. The molecule has 0 aliphatic carbocycles. The van der Waals surface area contributed by atoms with Crippen molar-refractivity contribution in [1.29, 1.82) is 0 Å². The van der Waals surface area contributed by atoms with Gasteiger partial charge in [-0.1, -0.05) is 18.2 Å². The van der Waals surface area contributed by atoms with Gasteiger partial charge >= 0.3 is 12.5 Å². The molecular formula is C33H27F11O5. The largest absolute Gasteiger partial charge is 0.573 e. The highest BCUT2D eigenvalue weighted by atomic mass is 19.4. The topological polar surface area (TPSA) is 46.2 Å². The minimum atomic E-state index is -5.42. The average molecular weight is 713 g/mol. The van der Waals surface area contributed by atoms with E-state index in [-0.39, 0.29) is 36.8 Å². The Labute approximate surface area is 272 Å². The maximum Gasteiger partial charge on any atom is 0.573 e. The van der Waals surface area contributed by atoms with E-state index in [0.29, 0.717) is 24.3 Å². The Balaban J connectivity index is 1.39. The van der Waals surface area contributed by atoms with Crippen molar-refractivity contribution in [3.8, 4) is 17.2 Å². The van der Waals surface area contributed by atoms with Crippen LogP contribution in [-0.2, 0) is 22.2 Å². The Morgan fingerprint density at radius 2 is 1.24 bits per heavy atom. The van der Waals surface area contributed by atoms with Gasteiger partial charge in [-0.15, -0.1) is 19.8 Å². The fourth-order valence-corrected chi connectivity index (χ4v) is 4.69. The van der Waals surface area contributed by atoms with Crippen LogP contribution in [0.25, 0.3) is 0 Å². The summed E-state index contributed by atoms with van der Waals surface area (Å²) in [6.07, 6.45) is -2.47. The normalized spacial score (nSPS) is 17.0. The predicted molar refractivity (Wildman–Crippen MR) is 151 cm³/mol. The molecule has 4 rings (SSSR count). The quantitative estimate of drug-likeness (QED) is 0.0946. The monoisotopic (exact) mass is 712 g/mol. The first-order chi connectivity index (χ1) is 23.1. The highest BCUT2D eigenvalue weighted by molar-refractivity contribution is 5.37. The number of unbranched alkanes of at least 4 members (excludes halogenated alkanes) is 1. The van der Waals surface area contributed by atoms with Gasteiger partial charge in [-0.2, -0.15) is 8.78 Å². The number of hydrogen-bond acceptors (Lipinski definition) is 5. The number of hydrogen-bond donors (Lipinski definition) is 0. The van der Waals surface area contributed by atoms with Crippen molar-refractivity contribution >= 4 is 0 Å². The van der Waals surface area contributed by atoms with E-state index in [2.05, 4.69) is 16.1 Å². The highest BCUT2D eigenvalue weighted by Crippen LogP contribution is 2.39. The van der Waals surface area contributed by atoms with Crippen LogP contribution in [0.15, 0.2) is 61.2 Å². The summed E-state index contributed by atoms with van der Waals surface area (Å²) in [5, 5.41) is 0. The van der Waals surface area contributed by atoms with Crippen LogP contribution in [0.5, 0.6) is 17.2 Å². The Bertz CT molecular complexity index is 1580. The Hall–Kier alpha value is -4.31. The van der Waals surface area contributed by atoms with Crippen molar-refractivity contribution in [3.63, 3.8) is 0 Å². The third-order valence-corrected chi connectivity index (χ3v) is 6.92. The number of benzene rings is 3. The van der Waals surface area contributed by atoms with Crippen LogP contribution >= 0.6 is 0 Å². The van der Waals surface area contributed by atoms with Crippen LogP contribution in [-0.4, -0.2) is 19.6 Å². The summed E-state index contributed by atoms with van der Waals surface area (Å²) < 4.78 is 177. The highest BCUT2D eigenvalue weighted by Gasteiger charge is 2.42. The maximum absolute atomic E-state index is 14.9. The minimum absolute atomic E-state index is 0.0103. The van der Waals surface area contributed by atoms with Gasteiger partial charge in [0, 0.05) is 23.6 Å². The van der Waals surface area contributed by atoms with Gasteiger partial charge in [-0.05, 0) is 55.5 Å². The summed E-state index contributed by atoms with van der Waals surface area (Å²) in [5.74, 6) is -14.8. The molecule has 1 fully saturated rings. The SMILES string of the molecule is C=CCC/C=C/CCC1COC(c2cc(F)c(C(F)(F)Oc3cc(F)c(OCc4cc(F)c(OC(F)(F)F)c(F)c4)c(F)c3)c(F)c2)OC1. The van der Waals surface area contributed by atoms with E-state index in [1.54, 1.807) is 6.08 Å². The lowest BCUT2D eigenvalue weighted by atomic mass is 10.0. The smallest absolute Gasteiger partial charge is 0.483 e. The van der Waals surface area contributed by atoms with Gasteiger partial charge in [-0.3, -0.25) is 0 Å². The van der Waals surface area contributed by atoms with Crippen LogP contribution in [0, 0.1) is 40.8 Å². The first kappa shape index (κ1) is 37.5. The first-order valence-corrected chi connectivity index (χ1v) is 14.5. The summed E-state index contributed by atoms with van der Waals surface area (Å²) in [7, 11) is 0. The number of ether oxygens (including phenoxy) is 5. The van der Waals surface area contributed by atoms with E-state index in [1.807, 2.05) is 12.2 Å². The van der Waals surface area contributed by atoms with Gasteiger partial charge in [0.1, 0.15) is 29.6 Å². The Morgan fingerprint density at radius 1 is 0.694 bits per heavy atom. The summed E-state index contributed by atoms with van der Waals surface area (Å²) in [4.78, 5) is 0. The average Bonchev–Trinajstić information content (AvgIpc) is 2.99. The fourth-order valence-electron chi connectivity index (χ4n) is 4.69. The maximum atomic E-state index is 14.9. The van der Waals surface area contributed by atoms with Crippen LogP contribution in [0.2, 0.25) is 0 Å². The second-order valence-corrected chi connectivity index (χ2v) is 10.7. The van der Waals surface area contributed by atoms with E-state index in [9.17, 15) is 48.3 Å². The van der Waals surface area contributed by atoms with Crippen molar-refractivity contribution in [3.05, 3.63) is 113 Å². The van der Waals surface area contributed by atoms with Gasteiger partial charge in [0.25, 0.3) is 0 Å². The summed E-state index contributed by atoms with van der Waals surface area (Å²) in [6, 6.07) is 2.12. The molecule has 16 heteroatoms. The summed E-state index contributed by atoms with van der Waals surface area (Å²) in [5.41, 5.74) is -2.65. The molecule has 0 amide bonds. The molecule has 5 nitrogen and oxygen atoms in total. The molecule has 266 valence electrons. The molecule has 1 heterocycles. The number of rotatable bonds is 14. The Kier molecular flexibility index (Phi) is 12.2. The van der Waals surface area contributed by atoms with Crippen molar-refractivity contribution < 1.29 is 72.0 Å². The minimum Gasteiger partial charge on any atom is -0.483 e. The van der Waals surface area contributed by atoms with Crippen LogP contribution in [0.1, 0.15) is 48.7 Å². The predicted octanol–water partition coefficient (Wildman–Crippen LogP) is 10.1. The number of allylic oxidation sites excluding steroid dienone is 3. The standard InChI is InChI=1S/C33H27F11O5/c1-2-3-4-5-6-7-8-18-15-46-31(47-16-18)20-11-22(34)28(23(35)12-20)32(40,41)48-21-13-26(38)29(27(39)14-21)45-17-19-9-24(36)30(25(37)10-19)49-33(42,43)44/h2,5-6,9-14,18,31H,1,3-4,7-8,15-17H2/b6-5+. The molecular weight excluding hydrogens is 685 g/mol. The second-order valence-electron chi connectivity index (χ2n) is 10.7. The Morgan fingerprint density at radius 3 is 1.80 bits per heavy atom. The molecule has 1 aliphatic heterocycles. The zero-order valence-corrected chi connectivity index (χ0v) is 25.2. The fraction of sp³-hybridized carbons (Fsp3) is 0.333. The molecule has 0 saturated carbocycles. The van der Waals surface area contributed by atoms with E-state index >= 15 is 0 Å². The lowest BCUT2D eigenvalue weighted by Crippen LogP contribution is -2.28. The number of halogens is 11. The van der Waals surface area contributed by atoms with Gasteiger partial charge in [-0.25, -0.2) is 26.3 Å². The third kappa shape index (κ3) is 10.1. The summed E-state index contributed by atoms with van der Waals surface area (Å²) >= 11 is 0. The van der Waals surface area contributed by atoms with Crippen molar-refractivity contribution in [2.45, 2.75) is 51.1 Å². The molecule has 0 N–H and O–H groups in total. The van der Waals surface area contributed by atoms with Gasteiger partial charge in [0.15, 0.2) is 35.3 Å². The van der Waals surface area contributed by atoms with Crippen LogP contribution < -0.4 is 14.2 Å². The van der Waals surface area contributed by atoms with E-state index in [4.69, 9.17) is 14.2 Å². The zero-order chi connectivity index (χ0) is 35.9. The molecule has 3 aromatic carbocycles. The molecule has 1 aliphatic rings. The molecule has 0 atom stereocenters. The van der Waals surface area contributed by atoms with Crippen molar-refractivity contribution in [1.82, 2.24) is 0 Å². The molecule has 0 aromatic heterocycles. The second kappa shape index (κ2) is 15.9. The lowest BCUT2D eigenvalue weighted by molar-refractivity contribution is -0.276. The molecule has 0 radical (unpaired) electrons. The molecule has 0 unspecified atom stereocenters. The van der Waals surface area contributed by atoms with Gasteiger partial charge < -0.3 is 23.7 Å². The molecule has 3 aromatic rings. The lowest BCUT2D eigenvalue weighted by Gasteiger charge is -2.30. The van der Waals surface area contributed by atoms with Crippen LogP contribution in [0.4, 0.5) is 48.3 Å². The third-order valence-electron chi connectivity index (χ3n) is 6.92. The van der Waals surface area contributed by atoms with Crippen molar-refractivity contribution in [2.24, 2.45) is 5.92 Å². The van der Waals surface area contributed by atoms with Crippen molar-refractivity contribution in [2.75, 3.05) is 13.2 Å². The molecule has 1 saturated heterocycles. The first-order valence-electron chi connectivity index (χ1n) is 14.5. The van der Waals surface area contributed by atoms with E-state index < -0.39 is 88.6 Å². The molecule has 0 bridgehead atoms.